The maximum Gasteiger partial charge on any atom is 0.0640 e. The second kappa shape index (κ2) is 6.37. The van der Waals surface area contributed by atoms with Gasteiger partial charge in [0.1, 0.15) is 0 Å². The standard InChI is InChI=1S/C17H18Cl2N2/c18-15-7-3-6-14(16(15)19)17(21-20)13-9-8-11-4-1-2-5-12(11)10-13/h1-7,13,17,21H,8-10,20H2. The highest BCUT2D eigenvalue weighted by Gasteiger charge is 2.28. The summed E-state index contributed by atoms with van der Waals surface area (Å²) >= 11 is 12.5. The van der Waals surface area contributed by atoms with Crippen molar-refractivity contribution in [2.75, 3.05) is 0 Å². The van der Waals surface area contributed by atoms with Crippen LogP contribution in [0.1, 0.15) is 29.2 Å². The van der Waals surface area contributed by atoms with Gasteiger partial charge in [-0.3, -0.25) is 11.3 Å². The van der Waals surface area contributed by atoms with E-state index in [0.29, 0.717) is 16.0 Å². The van der Waals surface area contributed by atoms with E-state index in [4.69, 9.17) is 29.0 Å². The van der Waals surface area contributed by atoms with Crippen LogP contribution < -0.4 is 11.3 Å². The minimum atomic E-state index is 0.0181. The summed E-state index contributed by atoms with van der Waals surface area (Å²) < 4.78 is 0. The van der Waals surface area contributed by atoms with E-state index >= 15 is 0 Å². The van der Waals surface area contributed by atoms with E-state index in [2.05, 4.69) is 29.7 Å². The lowest BCUT2D eigenvalue weighted by Gasteiger charge is -2.32. The molecular formula is C17H18Cl2N2. The number of rotatable bonds is 3. The Kier molecular flexibility index (Phi) is 4.51. The lowest BCUT2D eigenvalue weighted by molar-refractivity contribution is 0.329. The van der Waals surface area contributed by atoms with Gasteiger partial charge >= 0.3 is 0 Å². The molecule has 0 heterocycles. The molecule has 0 saturated carbocycles. The van der Waals surface area contributed by atoms with Crippen molar-refractivity contribution in [2.24, 2.45) is 11.8 Å². The molecule has 0 aliphatic heterocycles. The van der Waals surface area contributed by atoms with E-state index in [0.717, 1.165) is 24.8 Å². The summed E-state index contributed by atoms with van der Waals surface area (Å²) in [6.45, 7) is 0. The summed E-state index contributed by atoms with van der Waals surface area (Å²) in [6.07, 6.45) is 3.18. The van der Waals surface area contributed by atoms with Crippen molar-refractivity contribution in [3.8, 4) is 0 Å². The molecule has 2 aromatic carbocycles. The number of hydrogen-bond acceptors (Lipinski definition) is 2. The van der Waals surface area contributed by atoms with Crippen LogP contribution in [0, 0.1) is 5.92 Å². The van der Waals surface area contributed by atoms with Crippen molar-refractivity contribution in [3.05, 3.63) is 69.2 Å². The maximum atomic E-state index is 6.36. The first-order chi connectivity index (χ1) is 10.2. The average Bonchev–Trinajstić information content (AvgIpc) is 2.52. The van der Waals surface area contributed by atoms with Crippen molar-refractivity contribution in [3.63, 3.8) is 0 Å². The predicted molar refractivity (Wildman–Crippen MR) is 88.5 cm³/mol. The molecule has 0 fully saturated rings. The first-order valence-corrected chi connectivity index (χ1v) is 7.93. The molecule has 4 heteroatoms. The van der Waals surface area contributed by atoms with Crippen LogP contribution in [0.5, 0.6) is 0 Å². The zero-order valence-corrected chi connectivity index (χ0v) is 13.2. The topological polar surface area (TPSA) is 38.0 Å². The molecule has 2 atom stereocenters. The Balaban J connectivity index is 1.90. The second-order valence-electron chi connectivity index (χ2n) is 5.56. The van der Waals surface area contributed by atoms with Crippen molar-refractivity contribution in [1.29, 1.82) is 0 Å². The molecule has 1 aliphatic rings. The number of fused-ring (bicyclic) bond motifs is 1. The first-order valence-electron chi connectivity index (χ1n) is 7.17. The summed E-state index contributed by atoms with van der Waals surface area (Å²) in [6, 6.07) is 14.4. The number of hydrogen-bond donors (Lipinski definition) is 2. The van der Waals surface area contributed by atoms with Gasteiger partial charge in [0.05, 0.1) is 16.1 Å². The zero-order chi connectivity index (χ0) is 14.8. The smallest absolute Gasteiger partial charge is 0.0640 e. The third-order valence-corrected chi connectivity index (χ3v) is 5.19. The summed E-state index contributed by atoms with van der Waals surface area (Å²) in [5.74, 6) is 6.24. The minimum Gasteiger partial charge on any atom is -0.271 e. The molecule has 0 saturated heterocycles. The van der Waals surface area contributed by atoms with Crippen LogP contribution in [-0.4, -0.2) is 0 Å². The molecule has 2 unspecified atom stereocenters. The average molecular weight is 321 g/mol. The molecule has 0 amide bonds. The first kappa shape index (κ1) is 14.9. The molecule has 0 bridgehead atoms. The van der Waals surface area contributed by atoms with E-state index in [1.165, 1.54) is 11.1 Å². The molecule has 0 aromatic heterocycles. The maximum absolute atomic E-state index is 6.36. The van der Waals surface area contributed by atoms with Gasteiger partial charge in [-0.05, 0) is 47.9 Å². The van der Waals surface area contributed by atoms with Crippen LogP contribution in [-0.2, 0) is 12.8 Å². The van der Waals surface area contributed by atoms with Crippen LogP contribution in [0.4, 0.5) is 0 Å². The largest absolute Gasteiger partial charge is 0.271 e. The van der Waals surface area contributed by atoms with Crippen LogP contribution in [0.3, 0.4) is 0 Å². The van der Waals surface area contributed by atoms with Crippen LogP contribution in [0.15, 0.2) is 42.5 Å². The van der Waals surface area contributed by atoms with Gasteiger partial charge in [-0.1, -0.05) is 59.6 Å². The van der Waals surface area contributed by atoms with E-state index in [1.54, 1.807) is 6.07 Å². The van der Waals surface area contributed by atoms with Gasteiger partial charge in [-0.25, -0.2) is 0 Å². The fourth-order valence-corrected chi connectivity index (χ4v) is 3.68. The van der Waals surface area contributed by atoms with Gasteiger partial charge in [-0.15, -0.1) is 0 Å². The number of halogens is 2. The normalized spacial score (nSPS) is 19.1. The molecule has 3 N–H and O–H groups in total. The molecule has 110 valence electrons. The van der Waals surface area contributed by atoms with Crippen LogP contribution in [0.2, 0.25) is 10.0 Å². The number of nitrogens with one attached hydrogen (secondary N) is 1. The molecule has 3 rings (SSSR count). The molecule has 0 radical (unpaired) electrons. The fourth-order valence-electron chi connectivity index (χ4n) is 3.25. The van der Waals surface area contributed by atoms with E-state index in [1.807, 2.05) is 12.1 Å². The van der Waals surface area contributed by atoms with Crippen LogP contribution >= 0.6 is 23.2 Å². The van der Waals surface area contributed by atoms with Crippen molar-refractivity contribution in [2.45, 2.75) is 25.3 Å². The number of benzene rings is 2. The SMILES string of the molecule is NNC(c1cccc(Cl)c1Cl)C1CCc2ccccc2C1. The number of aryl methyl sites for hydroxylation is 1. The van der Waals surface area contributed by atoms with Crippen molar-refractivity contribution < 1.29 is 0 Å². The van der Waals surface area contributed by atoms with Gasteiger partial charge in [0.15, 0.2) is 0 Å². The predicted octanol–water partition coefficient (Wildman–Crippen LogP) is 4.30. The minimum absolute atomic E-state index is 0.0181. The van der Waals surface area contributed by atoms with E-state index < -0.39 is 0 Å². The molecule has 2 nitrogen and oxygen atoms in total. The Bertz CT molecular complexity index is 642. The monoisotopic (exact) mass is 320 g/mol. The third kappa shape index (κ3) is 2.95. The van der Waals surface area contributed by atoms with Crippen molar-refractivity contribution in [1.82, 2.24) is 5.43 Å². The van der Waals surface area contributed by atoms with Gasteiger partial charge in [0.2, 0.25) is 0 Å². The Morgan fingerprint density at radius 1 is 1.05 bits per heavy atom. The van der Waals surface area contributed by atoms with Gasteiger partial charge in [0, 0.05) is 0 Å². The Labute approximate surface area is 135 Å². The number of hydrazine groups is 1. The highest BCUT2D eigenvalue weighted by molar-refractivity contribution is 6.42. The molecule has 1 aliphatic carbocycles. The summed E-state index contributed by atoms with van der Waals surface area (Å²) in [5.41, 5.74) is 6.78. The van der Waals surface area contributed by atoms with Crippen LogP contribution in [0.25, 0.3) is 0 Å². The van der Waals surface area contributed by atoms with Gasteiger partial charge < -0.3 is 0 Å². The Morgan fingerprint density at radius 3 is 2.57 bits per heavy atom. The summed E-state index contributed by atoms with van der Waals surface area (Å²) in [7, 11) is 0. The molecule has 0 spiro atoms. The molecular weight excluding hydrogens is 303 g/mol. The fraction of sp³-hybridized carbons (Fsp3) is 0.294. The van der Waals surface area contributed by atoms with Gasteiger partial charge in [0.25, 0.3) is 0 Å². The number of nitrogens with two attached hydrogens (primary N) is 1. The lowest BCUT2D eigenvalue weighted by atomic mass is 9.78. The third-order valence-electron chi connectivity index (χ3n) is 4.35. The lowest BCUT2D eigenvalue weighted by Crippen LogP contribution is -2.36. The highest BCUT2D eigenvalue weighted by Crippen LogP contribution is 2.38. The highest BCUT2D eigenvalue weighted by atomic mass is 35.5. The summed E-state index contributed by atoms with van der Waals surface area (Å²) in [4.78, 5) is 0. The van der Waals surface area contributed by atoms with E-state index in [9.17, 15) is 0 Å². The van der Waals surface area contributed by atoms with Gasteiger partial charge in [-0.2, -0.15) is 0 Å². The zero-order valence-electron chi connectivity index (χ0n) is 11.7. The molecule has 2 aromatic rings. The second-order valence-corrected chi connectivity index (χ2v) is 6.34. The summed E-state index contributed by atoms with van der Waals surface area (Å²) in [5, 5.41) is 1.17. The molecule has 21 heavy (non-hydrogen) atoms. The Morgan fingerprint density at radius 2 is 1.81 bits per heavy atom. The quantitative estimate of drug-likeness (QED) is 0.653. The van der Waals surface area contributed by atoms with E-state index in [-0.39, 0.29) is 6.04 Å². The van der Waals surface area contributed by atoms with Crippen molar-refractivity contribution >= 4 is 23.2 Å². The Hall–Kier alpha value is -1.06.